The fourth-order valence-electron chi connectivity index (χ4n) is 3.63. The summed E-state index contributed by atoms with van der Waals surface area (Å²) in [5.74, 6) is -7.97. The van der Waals surface area contributed by atoms with Crippen LogP contribution < -0.4 is 0 Å². The first-order chi connectivity index (χ1) is 16.8. The van der Waals surface area contributed by atoms with Crippen molar-refractivity contribution in [2.75, 3.05) is 19.8 Å². The Morgan fingerprint density at radius 1 is 0.886 bits per heavy atom. The lowest BCUT2D eigenvalue weighted by Gasteiger charge is -2.31. The van der Waals surface area contributed by atoms with Gasteiger partial charge in [0.25, 0.3) is 0 Å². The van der Waals surface area contributed by atoms with Crippen molar-refractivity contribution in [1.29, 1.82) is 0 Å². The Labute approximate surface area is 199 Å². The Hall–Kier alpha value is -3.69. The van der Waals surface area contributed by atoms with Gasteiger partial charge in [-0.3, -0.25) is 4.79 Å². The largest absolute Gasteiger partial charge is 0.462 e. The molecule has 0 bridgehead atoms. The van der Waals surface area contributed by atoms with Crippen molar-refractivity contribution in [2.24, 2.45) is 0 Å². The molecule has 0 spiro atoms. The van der Waals surface area contributed by atoms with Gasteiger partial charge in [0.05, 0.1) is 19.8 Å². The third-order valence-electron chi connectivity index (χ3n) is 5.49. The predicted octanol–water partition coefficient (Wildman–Crippen LogP) is 3.84. The van der Waals surface area contributed by atoms with Gasteiger partial charge in [-0.2, -0.15) is 0 Å². The molecule has 0 radical (unpaired) electrons. The number of aliphatic hydroxyl groups is 2. The fraction of sp³-hybridized carbons (Fsp3) is 0.231. The van der Waals surface area contributed by atoms with Crippen LogP contribution in [0, 0.1) is 17.5 Å². The van der Waals surface area contributed by atoms with E-state index in [4.69, 9.17) is 4.74 Å². The van der Waals surface area contributed by atoms with E-state index in [2.05, 4.69) is 4.74 Å². The summed E-state index contributed by atoms with van der Waals surface area (Å²) in [6, 6.07) is 17.2. The molecule has 184 valence electrons. The molecule has 0 aliphatic heterocycles. The smallest absolute Gasteiger partial charge is 0.341 e. The molecule has 6 nitrogen and oxygen atoms in total. The summed E-state index contributed by atoms with van der Waals surface area (Å²) in [7, 11) is 0. The summed E-state index contributed by atoms with van der Waals surface area (Å²) in [4.78, 5) is 25.2. The number of esters is 2. The molecule has 9 heteroatoms. The Morgan fingerprint density at radius 3 is 1.86 bits per heavy atom. The van der Waals surface area contributed by atoms with E-state index in [1.54, 1.807) is 60.7 Å². The molecule has 0 heterocycles. The van der Waals surface area contributed by atoms with Crippen LogP contribution in [0.25, 0.3) is 0 Å². The second-order valence-electron chi connectivity index (χ2n) is 7.63. The van der Waals surface area contributed by atoms with E-state index in [1.807, 2.05) is 0 Å². The molecular weight excluding hydrogens is 465 g/mol. The monoisotopic (exact) mass is 488 g/mol. The van der Waals surface area contributed by atoms with Crippen LogP contribution in [0.4, 0.5) is 13.2 Å². The number of benzene rings is 3. The fourth-order valence-corrected chi connectivity index (χ4v) is 3.63. The Balaban J connectivity index is 2.10. The molecule has 35 heavy (non-hydrogen) atoms. The second kappa shape index (κ2) is 11.2. The topological polar surface area (TPSA) is 93.1 Å². The normalized spacial score (nSPS) is 11.4. The van der Waals surface area contributed by atoms with Gasteiger partial charge in [-0.15, -0.1) is 0 Å². The maximum absolute atomic E-state index is 15.1. The first kappa shape index (κ1) is 25.9. The van der Waals surface area contributed by atoms with Crippen LogP contribution in [0.15, 0.2) is 66.7 Å². The van der Waals surface area contributed by atoms with Crippen molar-refractivity contribution in [3.05, 3.63) is 106 Å². The highest BCUT2D eigenvalue weighted by Gasteiger charge is 2.48. The van der Waals surface area contributed by atoms with Gasteiger partial charge in [0.1, 0.15) is 16.8 Å². The molecule has 0 saturated carbocycles. The van der Waals surface area contributed by atoms with Crippen molar-refractivity contribution in [3.8, 4) is 0 Å². The number of hydrogen-bond donors (Lipinski definition) is 2. The summed E-state index contributed by atoms with van der Waals surface area (Å²) in [6.45, 7) is -1.38. The van der Waals surface area contributed by atoms with E-state index in [0.29, 0.717) is 17.2 Å². The van der Waals surface area contributed by atoms with Gasteiger partial charge in [0.2, 0.25) is 0 Å². The molecule has 0 fully saturated rings. The lowest BCUT2D eigenvalue weighted by atomic mass is 9.80. The number of hydrogen-bond acceptors (Lipinski definition) is 6. The highest BCUT2D eigenvalue weighted by atomic mass is 19.2. The molecular formula is C26H23F3O6. The minimum atomic E-state index is -2.72. The summed E-state index contributed by atoms with van der Waals surface area (Å²) >= 11 is 0. The Kier molecular flexibility index (Phi) is 8.26. The molecule has 3 aromatic rings. The van der Waals surface area contributed by atoms with Crippen LogP contribution in [0.2, 0.25) is 0 Å². The molecule has 0 atom stereocenters. The number of halogens is 3. The third-order valence-corrected chi connectivity index (χ3v) is 5.49. The van der Waals surface area contributed by atoms with Gasteiger partial charge < -0.3 is 19.7 Å². The van der Waals surface area contributed by atoms with Crippen molar-refractivity contribution >= 4 is 11.9 Å². The molecule has 0 unspecified atom stereocenters. The Bertz CT molecular complexity index is 1140. The van der Waals surface area contributed by atoms with Crippen LogP contribution in [0.3, 0.4) is 0 Å². The SMILES string of the molecule is CCOC(=O)c1cc(F)c(C(CO)(CO)C(=O)OC(c2ccccc2)c2ccccc2)c(F)c1F. The number of ether oxygens (including phenoxy) is 2. The molecule has 0 aromatic heterocycles. The minimum absolute atomic E-state index is 0.173. The lowest BCUT2D eigenvalue weighted by molar-refractivity contribution is -0.159. The van der Waals surface area contributed by atoms with Crippen LogP contribution in [0.5, 0.6) is 0 Å². The quantitative estimate of drug-likeness (QED) is 0.351. The zero-order valence-electron chi connectivity index (χ0n) is 18.7. The molecule has 0 amide bonds. The average Bonchev–Trinajstić information content (AvgIpc) is 2.88. The first-order valence-corrected chi connectivity index (χ1v) is 10.7. The maximum atomic E-state index is 15.1. The van der Waals surface area contributed by atoms with E-state index in [-0.39, 0.29) is 6.61 Å². The van der Waals surface area contributed by atoms with Gasteiger partial charge in [0.15, 0.2) is 17.7 Å². The molecule has 0 aliphatic carbocycles. The summed E-state index contributed by atoms with van der Waals surface area (Å²) < 4.78 is 55.0. The van der Waals surface area contributed by atoms with Gasteiger partial charge in [-0.1, -0.05) is 60.7 Å². The highest BCUT2D eigenvalue weighted by molar-refractivity contribution is 5.91. The molecule has 2 N–H and O–H groups in total. The first-order valence-electron chi connectivity index (χ1n) is 10.7. The Morgan fingerprint density at radius 2 is 1.40 bits per heavy atom. The van der Waals surface area contributed by atoms with Crippen molar-refractivity contribution < 1.29 is 42.4 Å². The van der Waals surface area contributed by atoms with Gasteiger partial charge >= 0.3 is 11.9 Å². The number of carbonyl (C=O) groups is 2. The van der Waals surface area contributed by atoms with Gasteiger partial charge in [0, 0.05) is 5.56 Å². The second-order valence-corrected chi connectivity index (χ2v) is 7.63. The zero-order chi connectivity index (χ0) is 25.6. The number of aliphatic hydroxyl groups excluding tert-OH is 2. The summed E-state index contributed by atoms with van der Waals surface area (Å²) in [5.41, 5.74) is -4.01. The zero-order valence-corrected chi connectivity index (χ0v) is 18.7. The highest BCUT2D eigenvalue weighted by Crippen LogP contribution is 2.36. The van der Waals surface area contributed by atoms with E-state index in [9.17, 15) is 24.2 Å². The van der Waals surface area contributed by atoms with Crippen molar-refractivity contribution in [3.63, 3.8) is 0 Å². The molecule has 0 saturated heterocycles. The lowest BCUT2D eigenvalue weighted by Crippen LogP contribution is -2.46. The molecule has 3 aromatic carbocycles. The van der Waals surface area contributed by atoms with Crippen LogP contribution in [-0.4, -0.2) is 42.0 Å². The van der Waals surface area contributed by atoms with Crippen LogP contribution >= 0.6 is 0 Å². The van der Waals surface area contributed by atoms with Gasteiger partial charge in [-0.05, 0) is 24.1 Å². The van der Waals surface area contributed by atoms with Crippen LogP contribution in [0.1, 0.15) is 40.1 Å². The molecule has 0 aliphatic rings. The maximum Gasteiger partial charge on any atom is 0.341 e. The average molecular weight is 488 g/mol. The van der Waals surface area contributed by atoms with Crippen LogP contribution in [-0.2, 0) is 19.7 Å². The van der Waals surface area contributed by atoms with Crippen molar-refractivity contribution in [2.45, 2.75) is 18.4 Å². The third kappa shape index (κ3) is 5.06. The standard InChI is InChI=1S/C26H23F3O6/c1-2-34-24(32)18-13-19(27)20(22(29)21(18)28)26(14-30,15-31)25(33)35-23(16-9-5-3-6-10-16)17-11-7-4-8-12-17/h3-13,23,30-31H,2,14-15H2,1H3. The summed E-state index contributed by atoms with van der Waals surface area (Å²) in [6.07, 6.45) is -1.07. The minimum Gasteiger partial charge on any atom is -0.462 e. The van der Waals surface area contributed by atoms with E-state index in [1.165, 1.54) is 6.92 Å². The van der Waals surface area contributed by atoms with Gasteiger partial charge in [-0.25, -0.2) is 18.0 Å². The summed E-state index contributed by atoms with van der Waals surface area (Å²) in [5, 5.41) is 20.1. The number of rotatable bonds is 9. The predicted molar refractivity (Wildman–Crippen MR) is 119 cm³/mol. The molecule has 3 rings (SSSR count). The van der Waals surface area contributed by atoms with E-state index >= 15 is 8.78 Å². The van der Waals surface area contributed by atoms with E-state index < -0.39 is 65.2 Å². The van der Waals surface area contributed by atoms with E-state index in [0.717, 1.165) is 0 Å². The van der Waals surface area contributed by atoms with Crippen molar-refractivity contribution in [1.82, 2.24) is 0 Å². The number of carbonyl (C=O) groups excluding carboxylic acids is 2.